The summed E-state index contributed by atoms with van der Waals surface area (Å²) in [6.07, 6.45) is 2.03. The van der Waals surface area contributed by atoms with Crippen molar-refractivity contribution in [3.63, 3.8) is 0 Å². The van der Waals surface area contributed by atoms with Crippen molar-refractivity contribution >= 4 is 22.8 Å². The molecule has 1 amide bonds. The molecule has 22 heavy (non-hydrogen) atoms. The molecule has 0 atom stereocenters. The molecule has 1 aromatic carbocycles. The molecule has 1 aliphatic heterocycles. The molecular weight excluding hydrogens is 284 g/mol. The molecule has 0 aliphatic carbocycles. The molecule has 0 spiro atoms. The van der Waals surface area contributed by atoms with E-state index in [9.17, 15) is 14.7 Å². The van der Waals surface area contributed by atoms with E-state index < -0.39 is 5.97 Å². The number of rotatable bonds is 4. The minimum atomic E-state index is -1.04. The Morgan fingerprint density at radius 1 is 1.23 bits per heavy atom. The normalized spacial score (nSPS) is 14.5. The minimum absolute atomic E-state index is 0.0340. The van der Waals surface area contributed by atoms with Crippen LogP contribution < -0.4 is 4.74 Å². The van der Waals surface area contributed by atoms with Crippen LogP contribution in [0.1, 0.15) is 23.3 Å². The van der Waals surface area contributed by atoms with Gasteiger partial charge in [-0.25, -0.2) is 4.79 Å². The molecule has 6 nitrogen and oxygen atoms in total. The van der Waals surface area contributed by atoms with Gasteiger partial charge in [-0.15, -0.1) is 0 Å². The Hall–Kier alpha value is -2.50. The zero-order valence-corrected chi connectivity index (χ0v) is 12.4. The third-order valence-electron chi connectivity index (χ3n) is 4.08. The number of hydrogen-bond donors (Lipinski definition) is 1. The molecule has 3 rings (SSSR count). The topological polar surface area (TPSA) is 71.8 Å². The van der Waals surface area contributed by atoms with Gasteiger partial charge in [-0.05, 0) is 37.1 Å². The Morgan fingerprint density at radius 3 is 2.59 bits per heavy atom. The molecule has 1 fully saturated rings. The highest BCUT2D eigenvalue weighted by Gasteiger charge is 2.22. The van der Waals surface area contributed by atoms with Crippen molar-refractivity contribution in [3.8, 4) is 5.75 Å². The maximum absolute atomic E-state index is 12.3. The summed E-state index contributed by atoms with van der Waals surface area (Å²) in [5.74, 6) is -0.412. The van der Waals surface area contributed by atoms with E-state index in [0.717, 1.165) is 36.8 Å². The van der Waals surface area contributed by atoms with Crippen LogP contribution in [0.25, 0.3) is 10.9 Å². The van der Waals surface area contributed by atoms with E-state index in [4.69, 9.17) is 4.74 Å². The number of aromatic carboxylic acids is 1. The summed E-state index contributed by atoms with van der Waals surface area (Å²) in [7, 11) is 1.56. The SMILES string of the molecule is COc1ccc2c(c1)cc(C(=O)O)n2CC(=O)N1CCCC1. The van der Waals surface area contributed by atoms with Crippen LogP contribution in [0, 0.1) is 0 Å². The fourth-order valence-electron chi connectivity index (χ4n) is 2.93. The zero-order chi connectivity index (χ0) is 15.7. The van der Waals surface area contributed by atoms with Crippen LogP contribution in [-0.2, 0) is 11.3 Å². The molecule has 0 saturated carbocycles. The Labute approximate surface area is 127 Å². The first kappa shape index (κ1) is 14.4. The summed E-state index contributed by atoms with van der Waals surface area (Å²) < 4.78 is 6.73. The average Bonchev–Trinajstić information content (AvgIpc) is 3.14. The lowest BCUT2D eigenvalue weighted by molar-refractivity contribution is -0.130. The summed E-state index contributed by atoms with van der Waals surface area (Å²) in [5.41, 5.74) is 0.849. The van der Waals surface area contributed by atoms with E-state index in [-0.39, 0.29) is 18.1 Å². The number of carbonyl (C=O) groups is 2. The number of fused-ring (bicyclic) bond motifs is 1. The first-order chi connectivity index (χ1) is 10.6. The van der Waals surface area contributed by atoms with Gasteiger partial charge in [-0.1, -0.05) is 0 Å². The van der Waals surface area contributed by atoms with E-state index in [2.05, 4.69) is 0 Å². The second kappa shape index (κ2) is 5.71. The van der Waals surface area contributed by atoms with Gasteiger partial charge in [0.15, 0.2) is 0 Å². The van der Waals surface area contributed by atoms with Gasteiger partial charge in [0.2, 0.25) is 5.91 Å². The van der Waals surface area contributed by atoms with Gasteiger partial charge >= 0.3 is 5.97 Å². The van der Waals surface area contributed by atoms with E-state index in [0.29, 0.717) is 5.75 Å². The number of hydrogen-bond acceptors (Lipinski definition) is 3. The summed E-state index contributed by atoms with van der Waals surface area (Å²) in [6.45, 7) is 1.57. The maximum atomic E-state index is 12.3. The molecular formula is C16H18N2O4. The average molecular weight is 302 g/mol. The maximum Gasteiger partial charge on any atom is 0.352 e. The van der Waals surface area contributed by atoms with Crippen molar-refractivity contribution in [1.82, 2.24) is 9.47 Å². The van der Waals surface area contributed by atoms with Crippen LogP contribution >= 0.6 is 0 Å². The molecule has 1 aromatic heterocycles. The number of benzene rings is 1. The van der Waals surface area contributed by atoms with Crippen LogP contribution in [0.15, 0.2) is 24.3 Å². The number of likely N-dealkylation sites (tertiary alicyclic amines) is 1. The molecule has 1 N–H and O–H groups in total. The van der Waals surface area contributed by atoms with Crippen LogP contribution in [0.5, 0.6) is 5.75 Å². The largest absolute Gasteiger partial charge is 0.497 e. The predicted octanol–water partition coefficient (Wildman–Crippen LogP) is 1.97. The molecule has 0 bridgehead atoms. The van der Waals surface area contributed by atoms with Crippen LogP contribution in [0.4, 0.5) is 0 Å². The number of carboxylic acids is 1. The lowest BCUT2D eigenvalue weighted by Crippen LogP contribution is -2.31. The van der Waals surface area contributed by atoms with Gasteiger partial charge in [0.25, 0.3) is 0 Å². The van der Waals surface area contributed by atoms with Crippen molar-refractivity contribution < 1.29 is 19.4 Å². The number of aromatic nitrogens is 1. The highest BCUT2D eigenvalue weighted by molar-refractivity contribution is 5.96. The number of carboxylic acid groups (broad SMARTS) is 1. The molecule has 6 heteroatoms. The first-order valence-corrected chi connectivity index (χ1v) is 7.28. The third kappa shape index (κ3) is 2.52. The quantitative estimate of drug-likeness (QED) is 0.937. The predicted molar refractivity (Wildman–Crippen MR) is 81.3 cm³/mol. The Balaban J connectivity index is 2.00. The standard InChI is InChI=1S/C16H18N2O4/c1-22-12-4-5-13-11(8-12)9-14(16(20)21)18(13)10-15(19)17-6-2-3-7-17/h4-5,8-9H,2-3,6-7,10H2,1H3,(H,20,21). The van der Waals surface area contributed by atoms with Gasteiger partial charge in [0.05, 0.1) is 7.11 Å². The zero-order valence-electron chi connectivity index (χ0n) is 12.4. The third-order valence-corrected chi connectivity index (χ3v) is 4.08. The first-order valence-electron chi connectivity index (χ1n) is 7.28. The number of amides is 1. The van der Waals surface area contributed by atoms with E-state index in [1.165, 1.54) is 0 Å². The van der Waals surface area contributed by atoms with Gasteiger partial charge in [-0.3, -0.25) is 4.79 Å². The Bertz CT molecular complexity index is 729. The number of ether oxygens (including phenoxy) is 1. The van der Waals surface area contributed by atoms with Crippen molar-refractivity contribution in [2.45, 2.75) is 19.4 Å². The van der Waals surface area contributed by atoms with Crippen LogP contribution in [-0.4, -0.2) is 46.6 Å². The highest BCUT2D eigenvalue weighted by Crippen LogP contribution is 2.25. The van der Waals surface area contributed by atoms with E-state index in [1.54, 1.807) is 40.8 Å². The minimum Gasteiger partial charge on any atom is -0.497 e. The van der Waals surface area contributed by atoms with Crippen molar-refractivity contribution in [3.05, 3.63) is 30.0 Å². The summed E-state index contributed by atoms with van der Waals surface area (Å²) in [6, 6.07) is 6.92. The van der Waals surface area contributed by atoms with Gasteiger partial charge < -0.3 is 19.3 Å². The number of nitrogens with zero attached hydrogens (tertiary/aromatic N) is 2. The van der Waals surface area contributed by atoms with Crippen molar-refractivity contribution in [1.29, 1.82) is 0 Å². The summed E-state index contributed by atoms with van der Waals surface area (Å²) in [4.78, 5) is 25.6. The summed E-state index contributed by atoms with van der Waals surface area (Å²) in [5, 5.41) is 10.1. The van der Waals surface area contributed by atoms with Crippen molar-refractivity contribution in [2.75, 3.05) is 20.2 Å². The molecule has 116 valence electrons. The lowest BCUT2D eigenvalue weighted by Gasteiger charge is -2.17. The van der Waals surface area contributed by atoms with Crippen LogP contribution in [0.3, 0.4) is 0 Å². The summed E-state index contributed by atoms with van der Waals surface area (Å²) >= 11 is 0. The smallest absolute Gasteiger partial charge is 0.352 e. The van der Waals surface area contributed by atoms with Crippen molar-refractivity contribution in [2.24, 2.45) is 0 Å². The number of methoxy groups -OCH3 is 1. The molecule has 1 aliphatic rings. The Morgan fingerprint density at radius 2 is 1.95 bits per heavy atom. The fourth-order valence-corrected chi connectivity index (χ4v) is 2.93. The fraction of sp³-hybridized carbons (Fsp3) is 0.375. The molecule has 1 saturated heterocycles. The second-order valence-electron chi connectivity index (χ2n) is 5.43. The second-order valence-corrected chi connectivity index (χ2v) is 5.43. The van der Waals surface area contributed by atoms with Crippen LogP contribution in [0.2, 0.25) is 0 Å². The van der Waals surface area contributed by atoms with E-state index >= 15 is 0 Å². The lowest BCUT2D eigenvalue weighted by atomic mass is 10.2. The van der Waals surface area contributed by atoms with Gasteiger partial charge in [0, 0.05) is 24.0 Å². The Kier molecular flexibility index (Phi) is 3.75. The molecule has 0 radical (unpaired) electrons. The molecule has 2 heterocycles. The molecule has 0 unspecified atom stereocenters. The van der Waals surface area contributed by atoms with Gasteiger partial charge in [-0.2, -0.15) is 0 Å². The number of carbonyl (C=O) groups excluding carboxylic acids is 1. The van der Waals surface area contributed by atoms with E-state index in [1.807, 2.05) is 0 Å². The molecule has 2 aromatic rings. The highest BCUT2D eigenvalue weighted by atomic mass is 16.5. The van der Waals surface area contributed by atoms with Gasteiger partial charge in [0.1, 0.15) is 18.0 Å². The monoisotopic (exact) mass is 302 g/mol.